The van der Waals surface area contributed by atoms with Crippen LogP contribution in [0.1, 0.15) is 38.1 Å². The van der Waals surface area contributed by atoms with Gasteiger partial charge in [0.05, 0.1) is 12.3 Å². The molecule has 0 saturated carbocycles. The average Bonchev–Trinajstić information content (AvgIpc) is 3.16. The first-order valence-corrected chi connectivity index (χ1v) is 9.86. The maximum atomic E-state index is 5.89. The van der Waals surface area contributed by atoms with E-state index < -0.39 is 0 Å². The fourth-order valence-corrected chi connectivity index (χ4v) is 3.27. The van der Waals surface area contributed by atoms with E-state index >= 15 is 0 Å². The number of halogens is 1. The zero-order chi connectivity index (χ0) is 19.1. The number of hydrogen-bond acceptors (Lipinski definition) is 4. The highest BCUT2D eigenvalue weighted by Gasteiger charge is 2.21. The number of hydrogen-bond donors (Lipinski definition) is 1. The Kier molecular flexibility index (Phi) is 9.24. The van der Waals surface area contributed by atoms with Crippen molar-refractivity contribution in [3.05, 3.63) is 41.9 Å². The fraction of sp³-hybridized carbons (Fsp3) is 0.524. The minimum absolute atomic E-state index is 0. The first-order chi connectivity index (χ1) is 13.2. The number of aromatic nitrogens is 1. The summed E-state index contributed by atoms with van der Waals surface area (Å²) in [7, 11) is 0. The van der Waals surface area contributed by atoms with Crippen LogP contribution in [0.2, 0.25) is 0 Å². The van der Waals surface area contributed by atoms with E-state index in [1.54, 1.807) is 6.20 Å². The molecule has 1 aromatic heterocycles. The van der Waals surface area contributed by atoms with Crippen molar-refractivity contribution in [1.82, 2.24) is 15.2 Å². The van der Waals surface area contributed by atoms with Gasteiger partial charge in [-0.15, -0.1) is 24.0 Å². The molecule has 6 nitrogen and oxygen atoms in total. The van der Waals surface area contributed by atoms with E-state index in [0.717, 1.165) is 56.4 Å². The Hall–Kier alpha value is -1.61. The van der Waals surface area contributed by atoms with E-state index in [2.05, 4.69) is 60.2 Å². The van der Waals surface area contributed by atoms with Crippen LogP contribution in [0.4, 0.5) is 0 Å². The monoisotopic (exact) mass is 498 g/mol. The van der Waals surface area contributed by atoms with E-state index in [4.69, 9.17) is 14.1 Å². The van der Waals surface area contributed by atoms with Gasteiger partial charge in [-0.25, -0.2) is 9.98 Å². The molecule has 28 heavy (non-hydrogen) atoms. The second-order valence-corrected chi connectivity index (χ2v) is 6.80. The number of aliphatic imine (C=N–C) groups is 1. The Morgan fingerprint density at radius 3 is 2.61 bits per heavy atom. The summed E-state index contributed by atoms with van der Waals surface area (Å²) in [6.07, 6.45) is 4.22. The average molecular weight is 498 g/mol. The highest BCUT2D eigenvalue weighted by Crippen LogP contribution is 2.21. The molecular weight excluding hydrogens is 467 g/mol. The molecular formula is C21H31IN4O2. The van der Waals surface area contributed by atoms with Gasteiger partial charge in [0.25, 0.3) is 0 Å². The lowest BCUT2D eigenvalue weighted by Gasteiger charge is -2.34. The predicted octanol–water partition coefficient (Wildman–Crippen LogP) is 4.23. The molecule has 0 unspecified atom stereocenters. The topological polar surface area (TPSA) is 62.9 Å². The van der Waals surface area contributed by atoms with Crippen molar-refractivity contribution in [1.29, 1.82) is 0 Å². The van der Waals surface area contributed by atoms with Gasteiger partial charge in [0.15, 0.2) is 11.7 Å². The van der Waals surface area contributed by atoms with Gasteiger partial charge in [-0.2, -0.15) is 0 Å². The van der Waals surface area contributed by atoms with Crippen LogP contribution in [-0.2, 0) is 11.3 Å². The molecule has 0 spiro atoms. The zero-order valence-corrected chi connectivity index (χ0v) is 19.3. The number of aryl methyl sites for hydroxylation is 1. The van der Waals surface area contributed by atoms with E-state index in [1.807, 2.05) is 0 Å². The van der Waals surface area contributed by atoms with Gasteiger partial charge in [0, 0.05) is 31.8 Å². The molecule has 0 bridgehead atoms. The lowest BCUT2D eigenvalue weighted by Crippen LogP contribution is -2.47. The molecule has 0 atom stereocenters. The molecule has 2 heterocycles. The van der Waals surface area contributed by atoms with Crippen molar-refractivity contribution >= 4 is 29.9 Å². The van der Waals surface area contributed by atoms with Crippen LogP contribution in [0.5, 0.6) is 0 Å². The number of ether oxygens (including phenoxy) is 1. The molecule has 7 heteroatoms. The lowest BCUT2D eigenvalue weighted by molar-refractivity contribution is 0.0263. The number of nitrogens with zero attached hydrogens (tertiary/aromatic N) is 3. The fourth-order valence-electron chi connectivity index (χ4n) is 3.27. The molecule has 2 aromatic rings. The largest absolute Gasteiger partial charge is 0.439 e. The van der Waals surface area contributed by atoms with Crippen LogP contribution in [-0.4, -0.2) is 48.2 Å². The Labute approximate surface area is 184 Å². The molecule has 3 rings (SSSR count). The highest BCUT2D eigenvalue weighted by atomic mass is 127. The van der Waals surface area contributed by atoms with Crippen molar-refractivity contribution < 1.29 is 9.15 Å². The van der Waals surface area contributed by atoms with Crippen LogP contribution in [0.15, 0.2) is 39.9 Å². The van der Waals surface area contributed by atoms with Crippen LogP contribution >= 0.6 is 24.0 Å². The lowest BCUT2D eigenvalue weighted by atomic mass is 10.1. The van der Waals surface area contributed by atoms with Crippen LogP contribution in [0, 0.1) is 6.92 Å². The Morgan fingerprint density at radius 1 is 1.25 bits per heavy atom. The third kappa shape index (κ3) is 6.20. The van der Waals surface area contributed by atoms with Gasteiger partial charge in [0.1, 0.15) is 6.54 Å². The third-order valence-corrected chi connectivity index (χ3v) is 4.73. The van der Waals surface area contributed by atoms with Crippen molar-refractivity contribution in [2.24, 2.45) is 4.99 Å². The van der Waals surface area contributed by atoms with Gasteiger partial charge < -0.3 is 19.4 Å². The SMILES string of the molecule is CCNC(=NCc1ncc(-c2ccc(C)cc2)o1)N1CCC(OCC)CC1.I. The Balaban J connectivity index is 0.00000280. The van der Waals surface area contributed by atoms with Gasteiger partial charge in [-0.1, -0.05) is 29.8 Å². The minimum atomic E-state index is 0. The van der Waals surface area contributed by atoms with Crippen LogP contribution in [0.25, 0.3) is 11.3 Å². The molecule has 1 aliphatic rings. The van der Waals surface area contributed by atoms with Gasteiger partial charge in [-0.3, -0.25) is 0 Å². The standard InChI is InChI=1S/C21H30N4O2.HI/c1-4-22-21(25-12-10-18(11-13-25)26-5-2)24-15-20-23-14-19(27-20)17-8-6-16(3)7-9-17;/h6-9,14,18H,4-5,10-13,15H2,1-3H3,(H,22,24);1H. The summed E-state index contributed by atoms with van der Waals surface area (Å²) in [4.78, 5) is 11.4. The number of benzene rings is 1. The molecule has 1 fully saturated rings. The molecule has 1 N–H and O–H groups in total. The summed E-state index contributed by atoms with van der Waals surface area (Å²) in [5.41, 5.74) is 2.26. The van der Waals surface area contributed by atoms with E-state index in [0.29, 0.717) is 18.5 Å². The maximum Gasteiger partial charge on any atom is 0.216 e. The first kappa shape index (κ1) is 22.7. The zero-order valence-electron chi connectivity index (χ0n) is 17.0. The van der Waals surface area contributed by atoms with Crippen molar-refractivity contribution in [2.75, 3.05) is 26.2 Å². The summed E-state index contributed by atoms with van der Waals surface area (Å²) >= 11 is 0. The minimum Gasteiger partial charge on any atom is -0.439 e. The molecule has 154 valence electrons. The summed E-state index contributed by atoms with van der Waals surface area (Å²) in [5, 5.41) is 3.38. The summed E-state index contributed by atoms with van der Waals surface area (Å²) in [5.74, 6) is 2.33. The smallest absolute Gasteiger partial charge is 0.216 e. The molecule has 0 aliphatic carbocycles. The molecule has 0 radical (unpaired) electrons. The van der Waals surface area contributed by atoms with Crippen LogP contribution < -0.4 is 5.32 Å². The maximum absolute atomic E-state index is 5.89. The molecule has 1 saturated heterocycles. The summed E-state index contributed by atoms with van der Waals surface area (Å²) < 4.78 is 11.6. The normalized spacial score (nSPS) is 15.4. The highest BCUT2D eigenvalue weighted by molar-refractivity contribution is 14.0. The number of guanidine groups is 1. The second kappa shape index (κ2) is 11.4. The quantitative estimate of drug-likeness (QED) is 0.367. The van der Waals surface area contributed by atoms with Gasteiger partial charge in [-0.05, 0) is 33.6 Å². The number of oxazole rings is 1. The van der Waals surface area contributed by atoms with E-state index in [9.17, 15) is 0 Å². The molecule has 1 aliphatic heterocycles. The Morgan fingerprint density at radius 2 is 1.96 bits per heavy atom. The van der Waals surface area contributed by atoms with Crippen molar-refractivity contribution in [3.8, 4) is 11.3 Å². The number of rotatable bonds is 6. The number of piperidine rings is 1. The molecule has 0 amide bonds. The number of nitrogens with one attached hydrogen (secondary N) is 1. The first-order valence-electron chi connectivity index (χ1n) is 9.86. The number of likely N-dealkylation sites (tertiary alicyclic amines) is 1. The van der Waals surface area contributed by atoms with Crippen LogP contribution in [0.3, 0.4) is 0 Å². The summed E-state index contributed by atoms with van der Waals surface area (Å²) in [6, 6.07) is 8.25. The van der Waals surface area contributed by atoms with Gasteiger partial charge in [0.2, 0.25) is 5.89 Å². The van der Waals surface area contributed by atoms with Gasteiger partial charge >= 0.3 is 0 Å². The van der Waals surface area contributed by atoms with Crippen molar-refractivity contribution in [3.63, 3.8) is 0 Å². The van der Waals surface area contributed by atoms with E-state index in [1.165, 1.54) is 5.56 Å². The van der Waals surface area contributed by atoms with Crippen molar-refractivity contribution in [2.45, 2.75) is 46.3 Å². The predicted molar refractivity (Wildman–Crippen MR) is 123 cm³/mol. The second-order valence-electron chi connectivity index (χ2n) is 6.80. The Bertz CT molecular complexity index is 737. The summed E-state index contributed by atoms with van der Waals surface area (Å²) in [6.45, 7) is 10.2. The van der Waals surface area contributed by atoms with E-state index in [-0.39, 0.29) is 24.0 Å². The third-order valence-electron chi connectivity index (χ3n) is 4.73. The molecule has 1 aromatic carbocycles.